The first-order valence-electron chi connectivity index (χ1n) is 8.59. The second-order valence-electron chi connectivity index (χ2n) is 6.53. The van der Waals surface area contributed by atoms with Gasteiger partial charge in [-0.3, -0.25) is 19.3 Å². The lowest BCUT2D eigenvalue weighted by molar-refractivity contribution is -0.146. The Kier molecular flexibility index (Phi) is 5.20. The second kappa shape index (κ2) is 7.39. The molecule has 1 aromatic rings. The summed E-state index contributed by atoms with van der Waals surface area (Å²) in [5, 5.41) is 2.88. The number of amides is 3. The molecule has 1 aliphatic heterocycles. The van der Waals surface area contributed by atoms with Gasteiger partial charge in [-0.1, -0.05) is 6.07 Å². The van der Waals surface area contributed by atoms with Crippen LogP contribution in [-0.4, -0.2) is 35.3 Å². The molecule has 1 N–H and O–H groups in total. The summed E-state index contributed by atoms with van der Waals surface area (Å²) in [4.78, 5) is 37.1. The molecule has 1 saturated heterocycles. The van der Waals surface area contributed by atoms with Gasteiger partial charge >= 0.3 is 6.61 Å². The van der Waals surface area contributed by atoms with Gasteiger partial charge in [-0.25, -0.2) is 0 Å². The van der Waals surface area contributed by atoms with Crippen LogP contribution in [0, 0.1) is 0 Å². The van der Waals surface area contributed by atoms with Gasteiger partial charge in [-0.2, -0.15) is 8.78 Å². The number of benzene rings is 1. The third kappa shape index (κ3) is 3.68. The number of nitrogens with zero attached hydrogens (tertiary/aromatic N) is 1. The zero-order valence-corrected chi connectivity index (χ0v) is 14.3. The number of carbonyl (C=O) groups is 3. The highest BCUT2D eigenvalue weighted by Gasteiger charge is 2.37. The Labute approximate surface area is 149 Å². The molecular weight excluding hydrogens is 346 g/mol. The maximum atomic E-state index is 12.5. The van der Waals surface area contributed by atoms with Crippen molar-refractivity contribution in [3.8, 4) is 5.75 Å². The fraction of sp³-hybridized carbons (Fsp3) is 0.500. The van der Waals surface area contributed by atoms with Crippen LogP contribution < -0.4 is 10.1 Å². The Balaban J connectivity index is 1.72. The van der Waals surface area contributed by atoms with Crippen LogP contribution >= 0.6 is 0 Å². The number of alkyl halides is 2. The third-order valence-corrected chi connectivity index (χ3v) is 4.83. The van der Waals surface area contributed by atoms with Gasteiger partial charge in [0.1, 0.15) is 11.8 Å². The molecule has 2 aliphatic rings. The number of halogens is 2. The van der Waals surface area contributed by atoms with Crippen LogP contribution in [0.25, 0.3) is 0 Å². The molecule has 1 heterocycles. The molecule has 0 radical (unpaired) electrons. The predicted molar refractivity (Wildman–Crippen MR) is 87.4 cm³/mol. The van der Waals surface area contributed by atoms with Gasteiger partial charge in [0.05, 0.1) is 6.04 Å². The van der Waals surface area contributed by atoms with Gasteiger partial charge < -0.3 is 10.1 Å². The highest BCUT2D eigenvalue weighted by atomic mass is 19.3. The summed E-state index contributed by atoms with van der Waals surface area (Å²) in [5.74, 6) is -0.988. The molecule has 1 aromatic carbocycles. The van der Waals surface area contributed by atoms with Crippen molar-refractivity contribution in [3.05, 3.63) is 29.3 Å². The smallest absolute Gasteiger partial charge is 0.387 e. The lowest BCUT2D eigenvalue weighted by atomic mass is 9.87. The number of aryl methyl sites for hydroxylation is 1. The fourth-order valence-corrected chi connectivity index (χ4v) is 3.55. The SMILES string of the molecule is CC(C(=O)NC1CCCc2cc(OC(F)F)ccc21)N1C(=O)CCC1=O. The van der Waals surface area contributed by atoms with E-state index in [1.807, 2.05) is 0 Å². The first-order valence-corrected chi connectivity index (χ1v) is 8.59. The van der Waals surface area contributed by atoms with Crippen LogP contribution in [0.5, 0.6) is 5.75 Å². The average molecular weight is 366 g/mol. The van der Waals surface area contributed by atoms with E-state index in [9.17, 15) is 23.2 Å². The van der Waals surface area contributed by atoms with Gasteiger partial charge in [0.2, 0.25) is 17.7 Å². The third-order valence-electron chi connectivity index (χ3n) is 4.83. The Hall–Kier alpha value is -2.51. The zero-order chi connectivity index (χ0) is 18.8. The first-order chi connectivity index (χ1) is 12.4. The minimum absolute atomic E-state index is 0.0901. The van der Waals surface area contributed by atoms with E-state index in [0.29, 0.717) is 12.8 Å². The predicted octanol–water partition coefficient (Wildman–Crippen LogP) is 2.32. The van der Waals surface area contributed by atoms with E-state index in [1.54, 1.807) is 12.1 Å². The van der Waals surface area contributed by atoms with E-state index in [1.165, 1.54) is 13.0 Å². The number of hydrogen-bond acceptors (Lipinski definition) is 4. The molecule has 0 aromatic heterocycles. The molecule has 3 rings (SSSR count). The molecule has 2 unspecified atom stereocenters. The minimum Gasteiger partial charge on any atom is -0.435 e. The largest absolute Gasteiger partial charge is 0.435 e. The Morgan fingerprint density at radius 3 is 2.58 bits per heavy atom. The molecule has 26 heavy (non-hydrogen) atoms. The minimum atomic E-state index is -2.89. The molecule has 0 spiro atoms. The number of ether oxygens (including phenoxy) is 1. The van der Waals surface area contributed by atoms with Crippen molar-refractivity contribution in [2.75, 3.05) is 0 Å². The summed E-state index contributed by atoms with van der Waals surface area (Å²) in [6.07, 6.45) is 2.46. The van der Waals surface area contributed by atoms with Crippen LogP contribution in [0.2, 0.25) is 0 Å². The number of carbonyl (C=O) groups excluding carboxylic acids is 3. The van der Waals surface area contributed by atoms with Crippen LogP contribution in [0.4, 0.5) is 8.78 Å². The molecule has 8 heteroatoms. The average Bonchev–Trinajstić information content (AvgIpc) is 2.92. The van der Waals surface area contributed by atoms with Crippen molar-refractivity contribution in [2.45, 2.75) is 57.7 Å². The van der Waals surface area contributed by atoms with Crippen LogP contribution in [0.3, 0.4) is 0 Å². The summed E-state index contributed by atoms with van der Waals surface area (Å²) in [6, 6.07) is 3.53. The molecule has 1 aliphatic carbocycles. The summed E-state index contributed by atoms with van der Waals surface area (Å²) >= 11 is 0. The van der Waals surface area contributed by atoms with Crippen molar-refractivity contribution < 1.29 is 27.9 Å². The van der Waals surface area contributed by atoms with E-state index in [2.05, 4.69) is 10.1 Å². The van der Waals surface area contributed by atoms with Crippen LogP contribution in [0.15, 0.2) is 18.2 Å². The van der Waals surface area contributed by atoms with Crippen molar-refractivity contribution >= 4 is 17.7 Å². The van der Waals surface area contributed by atoms with Crippen molar-refractivity contribution in [3.63, 3.8) is 0 Å². The summed E-state index contributed by atoms with van der Waals surface area (Å²) < 4.78 is 29.1. The topological polar surface area (TPSA) is 75.7 Å². The maximum absolute atomic E-state index is 12.5. The van der Waals surface area contributed by atoms with Crippen molar-refractivity contribution in [1.29, 1.82) is 0 Å². The number of rotatable bonds is 5. The van der Waals surface area contributed by atoms with Crippen molar-refractivity contribution in [1.82, 2.24) is 10.2 Å². The Bertz CT molecular complexity index is 722. The van der Waals surface area contributed by atoms with E-state index in [-0.39, 0.29) is 36.4 Å². The quantitative estimate of drug-likeness (QED) is 0.812. The van der Waals surface area contributed by atoms with Crippen LogP contribution in [-0.2, 0) is 20.8 Å². The van der Waals surface area contributed by atoms with E-state index < -0.39 is 18.6 Å². The summed E-state index contributed by atoms with van der Waals surface area (Å²) in [7, 11) is 0. The number of hydrogen-bond donors (Lipinski definition) is 1. The number of fused-ring (bicyclic) bond motifs is 1. The lowest BCUT2D eigenvalue weighted by Crippen LogP contribution is -2.48. The fourth-order valence-electron chi connectivity index (χ4n) is 3.55. The normalized spacial score (nSPS) is 20.9. The molecule has 1 fully saturated rings. The van der Waals surface area contributed by atoms with E-state index >= 15 is 0 Å². The highest BCUT2D eigenvalue weighted by Crippen LogP contribution is 2.33. The van der Waals surface area contributed by atoms with E-state index in [4.69, 9.17) is 0 Å². The Morgan fingerprint density at radius 1 is 1.23 bits per heavy atom. The number of likely N-dealkylation sites (tertiary alicyclic amines) is 1. The molecule has 0 saturated carbocycles. The van der Waals surface area contributed by atoms with Gasteiger partial charge in [0.15, 0.2) is 0 Å². The molecule has 140 valence electrons. The number of imide groups is 1. The van der Waals surface area contributed by atoms with Crippen molar-refractivity contribution in [2.24, 2.45) is 0 Å². The summed E-state index contributed by atoms with van der Waals surface area (Å²) in [6.45, 7) is -1.36. The van der Waals surface area contributed by atoms with Crippen LogP contribution in [0.1, 0.15) is 49.8 Å². The molecule has 0 bridgehead atoms. The highest BCUT2D eigenvalue weighted by molar-refractivity contribution is 6.05. The number of nitrogens with one attached hydrogen (secondary N) is 1. The molecular formula is C18H20F2N2O4. The molecule has 2 atom stereocenters. The van der Waals surface area contributed by atoms with Gasteiger partial charge in [-0.05, 0) is 49.4 Å². The first kappa shape index (κ1) is 18.3. The van der Waals surface area contributed by atoms with Gasteiger partial charge in [0.25, 0.3) is 0 Å². The van der Waals surface area contributed by atoms with Gasteiger partial charge in [0, 0.05) is 12.8 Å². The molecule has 6 nitrogen and oxygen atoms in total. The maximum Gasteiger partial charge on any atom is 0.387 e. The zero-order valence-electron chi connectivity index (χ0n) is 14.3. The monoisotopic (exact) mass is 366 g/mol. The lowest BCUT2D eigenvalue weighted by Gasteiger charge is -2.29. The second-order valence-corrected chi connectivity index (χ2v) is 6.53. The Morgan fingerprint density at radius 2 is 1.92 bits per heavy atom. The standard InChI is InChI=1S/C18H20F2N2O4/c1-10(22-15(23)7-8-16(22)24)17(25)21-14-4-2-3-11-9-12(26-18(19)20)5-6-13(11)14/h5-6,9-10,14,18H,2-4,7-8H2,1H3,(H,21,25). The summed E-state index contributed by atoms with van der Waals surface area (Å²) in [5.41, 5.74) is 1.69. The van der Waals surface area contributed by atoms with Gasteiger partial charge in [-0.15, -0.1) is 0 Å². The molecule has 3 amide bonds. The van der Waals surface area contributed by atoms with E-state index in [0.717, 1.165) is 22.4 Å².